The van der Waals surface area contributed by atoms with E-state index >= 15 is 0 Å². The first-order valence-corrected chi connectivity index (χ1v) is 8.45. The monoisotopic (exact) mass is 404 g/mol. The Kier molecular flexibility index (Phi) is 4.87. The van der Waals surface area contributed by atoms with Gasteiger partial charge in [0.1, 0.15) is 0 Å². The third-order valence-corrected chi connectivity index (χ3v) is 4.53. The Morgan fingerprint density at radius 1 is 1.14 bits per heavy atom. The number of hydrazone groups is 1. The van der Waals surface area contributed by atoms with Crippen LogP contribution >= 0.6 is 0 Å². The van der Waals surface area contributed by atoms with Crippen molar-refractivity contribution in [2.24, 2.45) is 5.10 Å². The third-order valence-electron chi connectivity index (χ3n) is 3.81. The summed E-state index contributed by atoms with van der Waals surface area (Å²) in [7, 11) is 0. The van der Waals surface area contributed by atoms with Crippen LogP contribution in [0.1, 0.15) is 34.8 Å². The van der Waals surface area contributed by atoms with E-state index in [0.29, 0.717) is 6.42 Å². The molecule has 0 fully saturated rings. The van der Waals surface area contributed by atoms with E-state index in [2.05, 4.69) is 52.0 Å². The molecule has 2 aromatic rings. The first-order chi connectivity index (χ1) is 10.7. The SMILES string of the molecule is O=C(CC(c1ccc([I-])cc1)N1CCC=N1)c1ccccc1. The molecular weight excluding hydrogens is 387 g/mol. The van der Waals surface area contributed by atoms with Crippen LogP contribution in [0.5, 0.6) is 0 Å². The zero-order valence-electron chi connectivity index (χ0n) is 12.2. The van der Waals surface area contributed by atoms with Gasteiger partial charge in [-0.25, -0.2) is 0 Å². The van der Waals surface area contributed by atoms with Crippen LogP contribution in [-0.2, 0) is 0 Å². The lowest BCUT2D eigenvalue weighted by molar-refractivity contribution is -0.328. The highest BCUT2D eigenvalue weighted by molar-refractivity contribution is 5.96. The van der Waals surface area contributed by atoms with E-state index in [1.54, 1.807) is 0 Å². The molecule has 0 saturated heterocycles. The van der Waals surface area contributed by atoms with Gasteiger partial charge in [0.2, 0.25) is 0 Å². The molecule has 1 unspecified atom stereocenters. The molecule has 0 N–H and O–H groups in total. The summed E-state index contributed by atoms with van der Waals surface area (Å²) in [5.74, 6) is 0.159. The minimum Gasteiger partial charge on any atom is -0.759 e. The highest BCUT2D eigenvalue weighted by Crippen LogP contribution is 2.28. The number of carbonyl (C=O) groups is 1. The van der Waals surface area contributed by atoms with Crippen LogP contribution in [0.4, 0.5) is 0 Å². The molecule has 1 aliphatic heterocycles. The molecule has 4 heteroatoms. The second-order valence-corrected chi connectivity index (χ2v) is 6.56. The van der Waals surface area contributed by atoms with Gasteiger partial charge in [-0.3, -0.25) is 9.80 Å². The van der Waals surface area contributed by atoms with Crippen LogP contribution in [0, 0.1) is 3.57 Å². The lowest BCUT2D eigenvalue weighted by atomic mass is 9.97. The minimum absolute atomic E-state index is 0.00320. The van der Waals surface area contributed by atoms with E-state index in [4.69, 9.17) is 0 Å². The summed E-state index contributed by atoms with van der Waals surface area (Å²) >= 11 is 2.29. The van der Waals surface area contributed by atoms with Crippen molar-refractivity contribution in [1.82, 2.24) is 5.01 Å². The molecule has 0 saturated carbocycles. The molecule has 1 atom stereocenters. The predicted octanol–water partition coefficient (Wildman–Crippen LogP) is 0.415. The third kappa shape index (κ3) is 3.55. The van der Waals surface area contributed by atoms with Crippen LogP contribution < -0.4 is 22.6 Å². The van der Waals surface area contributed by atoms with Gasteiger partial charge in [0.25, 0.3) is 0 Å². The molecule has 0 bridgehead atoms. The number of rotatable bonds is 5. The molecule has 113 valence electrons. The van der Waals surface area contributed by atoms with Gasteiger partial charge in [-0.1, -0.05) is 54.6 Å². The molecule has 1 aliphatic rings. The lowest BCUT2D eigenvalue weighted by Crippen LogP contribution is -3.34. The van der Waals surface area contributed by atoms with Gasteiger partial charge in [-0.05, 0) is 5.56 Å². The normalized spacial score (nSPS) is 15.0. The first-order valence-electron chi connectivity index (χ1n) is 7.37. The lowest BCUT2D eigenvalue weighted by Gasteiger charge is -2.27. The van der Waals surface area contributed by atoms with Gasteiger partial charge < -0.3 is 22.6 Å². The number of halogens is 1. The molecule has 3 nitrogen and oxygen atoms in total. The molecular formula is C18H17IN2O-. The average molecular weight is 404 g/mol. The van der Waals surface area contributed by atoms with Crippen LogP contribution in [-0.4, -0.2) is 23.6 Å². The zero-order chi connectivity index (χ0) is 15.4. The Morgan fingerprint density at radius 2 is 1.86 bits per heavy atom. The Balaban J connectivity index is 1.84. The van der Waals surface area contributed by atoms with E-state index in [-0.39, 0.29) is 11.8 Å². The summed E-state index contributed by atoms with van der Waals surface area (Å²) in [6.07, 6.45) is 3.31. The van der Waals surface area contributed by atoms with Crippen LogP contribution in [0.25, 0.3) is 0 Å². The second kappa shape index (κ2) is 7.05. The van der Waals surface area contributed by atoms with Gasteiger partial charge >= 0.3 is 0 Å². The van der Waals surface area contributed by atoms with Gasteiger partial charge in [-0.2, -0.15) is 8.67 Å². The minimum atomic E-state index is 0.00320. The summed E-state index contributed by atoms with van der Waals surface area (Å²) in [6.45, 7) is 0.874. The van der Waals surface area contributed by atoms with E-state index in [1.807, 2.05) is 41.6 Å². The van der Waals surface area contributed by atoms with Crippen LogP contribution in [0.15, 0.2) is 59.7 Å². The maximum atomic E-state index is 12.6. The maximum Gasteiger partial charge on any atom is 0.165 e. The topological polar surface area (TPSA) is 32.7 Å². The average Bonchev–Trinajstić information content (AvgIpc) is 3.08. The van der Waals surface area contributed by atoms with Gasteiger partial charge in [0.05, 0.1) is 6.04 Å². The zero-order valence-corrected chi connectivity index (χ0v) is 14.3. The highest BCUT2D eigenvalue weighted by Gasteiger charge is 2.24. The molecule has 1 radical (unpaired) electrons. The van der Waals surface area contributed by atoms with Crippen LogP contribution in [0.3, 0.4) is 0 Å². The molecule has 1 heterocycles. The number of nitrogens with zero attached hydrogens (tertiary/aromatic N) is 2. The molecule has 3 rings (SSSR count). The van der Waals surface area contributed by atoms with Gasteiger partial charge in [-0.15, -0.1) is 0 Å². The number of hydrogen-bond acceptors (Lipinski definition) is 3. The summed E-state index contributed by atoms with van der Waals surface area (Å²) in [6, 6.07) is 17.8. The predicted molar refractivity (Wildman–Crippen MR) is 83.1 cm³/mol. The number of Topliss-reactive ketones (excluding diaryl/α,β-unsaturated/α-hetero) is 1. The number of hydrogen-bond donors (Lipinski definition) is 0. The quantitative estimate of drug-likeness (QED) is 0.535. The molecule has 0 spiro atoms. The largest absolute Gasteiger partial charge is 0.759 e. The van der Waals surface area contributed by atoms with Crippen molar-refractivity contribution in [3.8, 4) is 0 Å². The fourth-order valence-electron chi connectivity index (χ4n) is 2.64. The van der Waals surface area contributed by atoms with Gasteiger partial charge in [0.15, 0.2) is 5.78 Å². The van der Waals surface area contributed by atoms with Crippen molar-refractivity contribution in [1.29, 1.82) is 0 Å². The molecule has 0 aromatic heterocycles. The smallest absolute Gasteiger partial charge is 0.165 e. The fraction of sp³-hybridized carbons (Fsp3) is 0.222. The Bertz CT molecular complexity index is 667. The number of benzene rings is 2. The standard InChI is InChI=1S/C18H17IN2O/c19-16-9-7-14(8-10-16)17(21-12-4-11-20-21)13-18(22)15-5-2-1-3-6-15/h1-3,5-11,17H,4,12-13H2/q-1. The van der Waals surface area contributed by atoms with E-state index < -0.39 is 0 Å². The summed E-state index contributed by atoms with van der Waals surface area (Å²) in [5, 5.41) is 6.47. The van der Waals surface area contributed by atoms with Gasteiger partial charge in [0, 0.05) is 31.2 Å². The highest BCUT2D eigenvalue weighted by atomic mass is 127. The Morgan fingerprint density at radius 3 is 2.50 bits per heavy atom. The Hall–Kier alpha value is -1.69. The molecule has 0 amide bonds. The fourth-order valence-corrected chi connectivity index (χ4v) is 3.00. The van der Waals surface area contributed by atoms with Crippen molar-refractivity contribution in [2.45, 2.75) is 18.9 Å². The second-order valence-electron chi connectivity index (χ2n) is 5.31. The van der Waals surface area contributed by atoms with Crippen molar-refractivity contribution in [2.75, 3.05) is 6.54 Å². The molecule has 2 aromatic carbocycles. The number of ketones is 1. The molecule has 0 aliphatic carbocycles. The van der Waals surface area contributed by atoms with E-state index in [0.717, 1.165) is 24.1 Å². The Labute approximate surface area is 144 Å². The first kappa shape index (κ1) is 15.2. The van der Waals surface area contributed by atoms with Crippen molar-refractivity contribution in [3.63, 3.8) is 0 Å². The maximum absolute atomic E-state index is 12.6. The van der Waals surface area contributed by atoms with Crippen LogP contribution in [0.2, 0.25) is 0 Å². The summed E-state index contributed by atoms with van der Waals surface area (Å²) in [5.41, 5.74) is 1.91. The molecule has 22 heavy (non-hydrogen) atoms. The summed E-state index contributed by atoms with van der Waals surface area (Å²) < 4.78 is 1.19. The van der Waals surface area contributed by atoms with E-state index in [1.165, 1.54) is 3.57 Å². The van der Waals surface area contributed by atoms with E-state index in [9.17, 15) is 4.79 Å². The number of carbonyl (C=O) groups excluding carboxylic acids is 1. The van der Waals surface area contributed by atoms with Crippen molar-refractivity contribution < 1.29 is 27.4 Å². The van der Waals surface area contributed by atoms with Crippen molar-refractivity contribution >= 4 is 12.0 Å². The van der Waals surface area contributed by atoms with Crippen molar-refractivity contribution in [3.05, 3.63) is 69.3 Å². The summed E-state index contributed by atoms with van der Waals surface area (Å²) in [4.78, 5) is 12.6.